The molecule has 0 aromatic carbocycles. The largest absolute Gasteiger partial charge is 0.329 e. The van der Waals surface area contributed by atoms with Crippen molar-refractivity contribution in [2.24, 2.45) is 0 Å². The predicted octanol–water partition coefficient (Wildman–Crippen LogP) is 4.56. The van der Waals surface area contributed by atoms with Gasteiger partial charge in [0.05, 0.1) is 5.52 Å². The normalized spacial score (nSPS) is 13.1. The number of pyridine rings is 1. The highest BCUT2D eigenvalue weighted by Crippen LogP contribution is 2.23. The van der Waals surface area contributed by atoms with Gasteiger partial charge in [-0.25, -0.2) is 4.98 Å². The summed E-state index contributed by atoms with van der Waals surface area (Å²) in [5.41, 5.74) is 1.93. The Balaban J connectivity index is 2.32. The van der Waals surface area contributed by atoms with Gasteiger partial charge in [0.2, 0.25) is 0 Å². The van der Waals surface area contributed by atoms with E-state index in [1.54, 1.807) is 0 Å². The maximum Gasteiger partial charge on any atom is 0.179 e. The van der Waals surface area contributed by atoms with Crippen LogP contribution in [0.2, 0.25) is 0 Å². The van der Waals surface area contributed by atoms with Crippen molar-refractivity contribution in [3.8, 4) is 0 Å². The second-order valence-corrected chi connectivity index (χ2v) is 6.86. The Labute approximate surface area is 125 Å². The molecule has 1 atom stereocenters. The van der Waals surface area contributed by atoms with Gasteiger partial charge in [-0.2, -0.15) is 11.8 Å². The zero-order valence-corrected chi connectivity index (χ0v) is 13.7. The summed E-state index contributed by atoms with van der Waals surface area (Å²) in [4.78, 5) is 7.68. The fourth-order valence-corrected chi connectivity index (χ4v) is 3.43. The van der Waals surface area contributed by atoms with E-state index in [0.29, 0.717) is 6.04 Å². The highest BCUT2D eigenvalue weighted by atomic mass is 79.9. The maximum atomic E-state index is 5.40. The third-order valence-electron chi connectivity index (χ3n) is 2.85. The average Bonchev–Trinajstić information content (AvgIpc) is 2.64. The number of nitrogens with one attached hydrogen (secondary N) is 1. The molecule has 0 bridgehead atoms. The molecular formula is C12H16BrN3S2. The van der Waals surface area contributed by atoms with Crippen LogP contribution in [0.5, 0.6) is 0 Å². The minimum atomic E-state index is 0.374. The molecule has 0 spiro atoms. The lowest BCUT2D eigenvalue weighted by Crippen LogP contribution is -2.07. The minimum absolute atomic E-state index is 0.374. The van der Waals surface area contributed by atoms with Gasteiger partial charge in [0, 0.05) is 16.7 Å². The van der Waals surface area contributed by atoms with Crippen molar-refractivity contribution in [2.45, 2.75) is 26.3 Å². The Hall–Kier alpha value is -0.330. The molecule has 2 aromatic heterocycles. The minimum Gasteiger partial charge on any atom is -0.329 e. The van der Waals surface area contributed by atoms with Crippen LogP contribution in [0.4, 0.5) is 0 Å². The standard InChI is InChI=1S/C12H16BrN3S2/c1-3-18-5-4-8(2)16-11-10(15-12(16)17)6-9(13)7-14-11/h6-8H,3-5H2,1-2H3,(H,15,17). The van der Waals surface area contributed by atoms with Crippen molar-refractivity contribution in [2.75, 3.05) is 11.5 Å². The van der Waals surface area contributed by atoms with Crippen LogP contribution in [0.25, 0.3) is 11.2 Å². The molecule has 0 aliphatic heterocycles. The molecule has 1 N–H and O–H groups in total. The quantitative estimate of drug-likeness (QED) is 0.636. The number of thioether (sulfide) groups is 1. The SMILES string of the molecule is CCSCCC(C)n1c(=S)[nH]c2cc(Br)cnc21. The van der Waals surface area contributed by atoms with Crippen LogP contribution in [-0.4, -0.2) is 26.0 Å². The number of imidazole rings is 1. The van der Waals surface area contributed by atoms with E-state index in [9.17, 15) is 0 Å². The summed E-state index contributed by atoms with van der Waals surface area (Å²) >= 11 is 10.8. The summed E-state index contributed by atoms with van der Waals surface area (Å²) in [6.07, 6.45) is 2.92. The van der Waals surface area contributed by atoms with Crippen LogP contribution in [0.1, 0.15) is 26.3 Å². The Morgan fingerprint density at radius 3 is 3.11 bits per heavy atom. The number of aromatic nitrogens is 3. The van der Waals surface area contributed by atoms with Gasteiger partial charge in [-0.05, 0) is 59.1 Å². The highest BCUT2D eigenvalue weighted by molar-refractivity contribution is 9.10. The molecule has 0 aliphatic rings. The summed E-state index contributed by atoms with van der Waals surface area (Å²) in [7, 11) is 0. The van der Waals surface area contributed by atoms with E-state index in [1.165, 1.54) is 0 Å². The highest BCUT2D eigenvalue weighted by Gasteiger charge is 2.12. The Kier molecular flexibility index (Phi) is 4.86. The predicted molar refractivity (Wildman–Crippen MR) is 84.9 cm³/mol. The lowest BCUT2D eigenvalue weighted by molar-refractivity contribution is 0.539. The lowest BCUT2D eigenvalue weighted by Gasteiger charge is -2.13. The van der Waals surface area contributed by atoms with Crippen molar-refractivity contribution < 1.29 is 0 Å². The number of nitrogens with zero attached hydrogens (tertiary/aromatic N) is 2. The first-order valence-corrected chi connectivity index (χ1v) is 8.32. The Morgan fingerprint density at radius 1 is 1.61 bits per heavy atom. The van der Waals surface area contributed by atoms with Gasteiger partial charge >= 0.3 is 0 Å². The lowest BCUT2D eigenvalue weighted by atomic mass is 10.2. The molecule has 2 rings (SSSR count). The van der Waals surface area contributed by atoms with Crippen molar-refractivity contribution in [1.82, 2.24) is 14.5 Å². The van der Waals surface area contributed by atoms with Crippen LogP contribution in [0.3, 0.4) is 0 Å². The molecule has 0 radical (unpaired) electrons. The van der Waals surface area contributed by atoms with Crippen molar-refractivity contribution in [3.05, 3.63) is 21.5 Å². The van der Waals surface area contributed by atoms with Crippen LogP contribution >= 0.6 is 39.9 Å². The topological polar surface area (TPSA) is 33.6 Å². The van der Waals surface area contributed by atoms with Crippen LogP contribution < -0.4 is 0 Å². The van der Waals surface area contributed by atoms with E-state index in [0.717, 1.165) is 38.3 Å². The van der Waals surface area contributed by atoms with E-state index in [2.05, 4.69) is 44.3 Å². The van der Waals surface area contributed by atoms with Crippen molar-refractivity contribution >= 4 is 51.1 Å². The van der Waals surface area contributed by atoms with Gasteiger partial charge in [0.1, 0.15) is 0 Å². The summed E-state index contributed by atoms with van der Waals surface area (Å²) in [6, 6.07) is 2.39. The fourth-order valence-electron chi connectivity index (χ4n) is 1.92. The smallest absolute Gasteiger partial charge is 0.179 e. The van der Waals surface area contributed by atoms with Crippen LogP contribution in [-0.2, 0) is 0 Å². The monoisotopic (exact) mass is 345 g/mol. The van der Waals surface area contributed by atoms with Gasteiger partial charge in [0.25, 0.3) is 0 Å². The zero-order valence-electron chi connectivity index (χ0n) is 10.4. The van der Waals surface area contributed by atoms with Crippen LogP contribution in [0.15, 0.2) is 16.7 Å². The first-order chi connectivity index (χ1) is 8.63. The van der Waals surface area contributed by atoms with Crippen LogP contribution in [0, 0.1) is 4.77 Å². The molecule has 2 heterocycles. The third-order valence-corrected chi connectivity index (χ3v) is 4.51. The number of rotatable bonds is 5. The van der Waals surface area contributed by atoms with Gasteiger partial charge in [-0.1, -0.05) is 6.92 Å². The summed E-state index contributed by atoms with van der Waals surface area (Å²) < 4.78 is 3.84. The first kappa shape index (κ1) is 14.1. The van der Waals surface area contributed by atoms with E-state index in [-0.39, 0.29) is 0 Å². The van der Waals surface area contributed by atoms with E-state index < -0.39 is 0 Å². The Morgan fingerprint density at radius 2 is 2.39 bits per heavy atom. The summed E-state index contributed by atoms with van der Waals surface area (Å²) in [5.74, 6) is 2.32. The summed E-state index contributed by atoms with van der Waals surface area (Å²) in [5, 5.41) is 0. The molecule has 0 saturated carbocycles. The number of H-pyrrole nitrogens is 1. The molecular weight excluding hydrogens is 330 g/mol. The molecule has 2 aromatic rings. The number of aromatic amines is 1. The summed E-state index contributed by atoms with van der Waals surface area (Å²) in [6.45, 7) is 4.38. The number of halogens is 1. The second-order valence-electron chi connectivity index (χ2n) is 4.16. The number of hydrogen-bond acceptors (Lipinski definition) is 3. The number of hydrogen-bond donors (Lipinski definition) is 1. The average molecular weight is 346 g/mol. The molecule has 0 amide bonds. The third kappa shape index (κ3) is 2.97. The van der Waals surface area contributed by atoms with Gasteiger partial charge in [0.15, 0.2) is 10.4 Å². The molecule has 0 saturated heterocycles. The van der Waals surface area contributed by atoms with Crippen molar-refractivity contribution in [1.29, 1.82) is 0 Å². The second kappa shape index (κ2) is 6.21. The van der Waals surface area contributed by atoms with Crippen molar-refractivity contribution in [3.63, 3.8) is 0 Å². The van der Waals surface area contributed by atoms with Gasteiger partial charge in [-0.3, -0.25) is 4.57 Å². The fraction of sp³-hybridized carbons (Fsp3) is 0.500. The van der Waals surface area contributed by atoms with E-state index in [1.807, 2.05) is 24.0 Å². The molecule has 0 fully saturated rings. The molecule has 0 aliphatic carbocycles. The molecule has 6 heteroatoms. The maximum absolute atomic E-state index is 5.40. The molecule has 3 nitrogen and oxygen atoms in total. The first-order valence-electron chi connectivity index (χ1n) is 5.97. The molecule has 98 valence electrons. The zero-order chi connectivity index (χ0) is 13.1. The molecule has 1 unspecified atom stereocenters. The molecule has 18 heavy (non-hydrogen) atoms. The van der Waals surface area contributed by atoms with Gasteiger partial charge < -0.3 is 4.98 Å². The van der Waals surface area contributed by atoms with E-state index >= 15 is 0 Å². The Bertz CT molecular complexity index is 591. The van der Waals surface area contributed by atoms with Gasteiger partial charge in [-0.15, -0.1) is 0 Å². The number of fused-ring (bicyclic) bond motifs is 1. The van der Waals surface area contributed by atoms with E-state index in [4.69, 9.17) is 12.2 Å².